The number of amides is 2. The van der Waals surface area contributed by atoms with Gasteiger partial charge < -0.3 is 11.5 Å². The van der Waals surface area contributed by atoms with E-state index in [9.17, 15) is 0 Å². The Hall–Kier alpha value is 0.763. The number of rotatable bonds is 0. The summed E-state index contributed by atoms with van der Waals surface area (Å²) in [4.78, 5) is 9.00. The second kappa shape index (κ2) is 7.76. The molecule has 8 heavy (non-hydrogen) atoms. The normalized spacial score (nSPS) is 8.62. The average Bonchev–Trinajstić information content (AvgIpc) is 1.25. The van der Waals surface area contributed by atoms with Gasteiger partial charge in [-0.2, -0.15) is 0 Å². The van der Waals surface area contributed by atoms with Crippen molar-refractivity contribution in [2.75, 3.05) is 0 Å². The number of carbonyl (C=O) groups excluding carboxylic acids is 1. The summed E-state index contributed by atoms with van der Waals surface area (Å²) in [5.74, 6) is 0. The molecule has 0 aromatic rings. The second-order valence-electron chi connectivity index (χ2n) is 0.554. The van der Waals surface area contributed by atoms with Gasteiger partial charge in [-0.15, -0.1) is 0 Å². The third kappa shape index (κ3) is 386. The van der Waals surface area contributed by atoms with Crippen molar-refractivity contribution < 1.29 is 17.8 Å². The molecule has 0 saturated carbocycles. The monoisotopic (exact) mass is 267 g/mol. The molecule has 0 rings (SSSR count). The first-order valence-electron chi connectivity index (χ1n) is 1.18. The third-order valence-electron chi connectivity index (χ3n) is 0. The van der Waals surface area contributed by atoms with E-state index in [1.807, 2.05) is 0 Å². The van der Waals surface area contributed by atoms with E-state index in [0.29, 0.717) is 0 Å². The first-order valence-corrected chi connectivity index (χ1v) is 7.90. The minimum atomic E-state index is -1.75. The van der Waals surface area contributed by atoms with Gasteiger partial charge in [0, 0.05) is 0 Å². The molecule has 0 heterocycles. The Morgan fingerprint density at radius 1 is 1.25 bits per heavy atom. The molecule has 0 aliphatic carbocycles. The zero-order valence-electron chi connectivity index (χ0n) is 3.55. The standard InChI is InChI=1S/CH4N2O.3ClH.Ru/c2-1(3)4;;;;/h(H4,2,3,4);3*1H;/q;;;;+3/p-3. The summed E-state index contributed by atoms with van der Waals surface area (Å²) in [6.45, 7) is 0. The van der Waals surface area contributed by atoms with Crippen molar-refractivity contribution in [3.8, 4) is 0 Å². The van der Waals surface area contributed by atoms with Crippen LogP contribution in [0.15, 0.2) is 0 Å². The Morgan fingerprint density at radius 3 is 1.25 bits per heavy atom. The van der Waals surface area contributed by atoms with Crippen molar-refractivity contribution in [2.45, 2.75) is 0 Å². The fourth-order valence-electron chi connectivity index (χ4n) is 0. The predicted molar refractivity (Wildman–Crippen MR) is 31.3 cm³/mol. The summed E-state index contributed by atoms with van der Waals surface area (Å²) in [7, 11) is 14.8. The van der Waals surface area contributed by atoms with Gasteiger partial charge in [-0.3, -0.25) is 0 Å². The van der Waals surface area contributed by atoms with Gasteiger partial charge in [-0.05, 0) is 0 Å². The number of carbonyl (C=O) groups is 1. The van der Waals surface area contributed by atoms with E-state index in [1.54, 1.807) is 0 Å². The van der Waals surface area contributed by atoms with E-state index in [0.717, 1.165) is 0 Å². The molecule has 0 aliphatic heterocycles. The van der Waals surface area contributed by atoms with Crippen LogP contribution in [0.3, 0.4) is 0 Å². The quantitative estimate of drug-likeness (QED) is 0.634. The van der Waals surface area contributed by atoms with Crippen LogP contribution in [0.5, 0.6) is 0 Å². The van der Waals surface area contributed by atoms with E-state index in [-0.39, 0.29) is 0 Å². The summed E-state index contributed by atoms with van der Waals surface area (Å²) in [6, 6.07) is -0.833. The second-order valence-corrected chi connectivity index (χ2v) is 8.47. The number of nitrogens with two attached hydrogens (primary N) is 2. The van der Waals surface area contributed by atoms with E-state index < -0.39 is 19.0 Å². The van der Waals surface area contributed by atoms with Crippen molar-refractivity contribution in [3.63, 3.8) is 0 Å². The zero-order chi connectivity index (χ0) is 7.15. The van der Waals surface area contributed by atoms with Crippen molar-refractivity contribution in [2.24, 2.45) is 11.5 Å². The van der Waals surface area contributed by atoms with E-state index in [1.165, 1.54) is 0 Å². The minimum absolute atomic E-state index is 0.833. The fourth-order valence-corrected chi connectivity index (χ4v) is 0. The summed E-state index contributed by atoms with van der Waals surface area (Å²) in [6.07, 6.45) is 0. The van der Waals surface area contributed by atoms with Crippen molar-refractivity contribution in [1.29, 1.82) is 0 Å². The summed E-state index contributed by atoms with van der Waals surface area (Å²) >= 11 is -1.75. The molecule has 2 amide bonds. The number of hydrogen-bond donors (Lipinski definition) is 2. The van der Waals surface area contributed by atoms with Crippen LogP contribution in [0.25, 0.3) is 0 Å². The Labute approximate surface area is 64.3 Å². The molecule has 0 aliphatic rings. The molecule has 0 spiro atoms. The van der Waals surface area contributed by atoms with Gasteiger partial charge >= 0.3 is 48.1 Å². The van der Waals surface area contributed by atoms with Gasteiger partial charge in [-0.25, -0.2) is 4.79 Å². The van der Waals surface area contributed by atoms with E-state index >= 15 is 0 Å². The summed E-state index contributed by atoms with van der Waals surface area (Å²) < 4.78 is 0. The van der Waals surface area contributed by atoms with E-state index in [2.05, 4.69) is 11.5 Å². The van der Waals surface area contributed by atoms with Gasteiger partial charge in [0.2, 0.25) is 0 Å². The summed E-state index contributed by atoms with van der Waals surface area (Å²) in [5.41, 5.74) is 8.50. The van der Waals surface area contributed by atoms with Crippen molar-refractivity contribution in [3.05, 3.63) is 0 Å². The van der Waals surface area contributed by atoms with Crippen LogP contribution in [-0.4, -0.2) is 6.03 Å². The maximum atomic E-state index is 9.00. The molecule has 0 radical (unpaired) electrons. The number of primary amides is 2. The Bertz CT molecular complexity index is 61.5. The molecule has 0 bridgehead atoms. The molecule has 0 aromatic carbocycles. The Morgan fingerprint density at radius 2 is 1.25 bits per heavy atom. The molecular formula is CH4Cl3N2ORu. The predicted octanol–water partition coefficient (Wildman–Crippen LogP) is 1.09. The Balaban J connectivity index is 0. The van der Waals surface area contributed by atoms with Crippen molar-refractivity contribution in [1.82, 2.24) is 0 Å². The first kappa shape index (κ1) is 11.5. The van der Waals surface area contributed by atoms with Gasteiger partial charge in [0.1, 0.15) is 0 Å². The maximum absolute atomic E-state index is 9.00. The van der Waals surface area contributed by atoms with Crippen LogP contribution in [0.2, 0.25) is 0 Å². The average molecular weight is 267 g/mol. The van der Waals surface area contributed by atoms with Crippen LogP contribution >= 0.6 is 29.1 Å². The van der Waals surface area contributed by atoms with Gasteiger partial charge in [0.05, 0.1) is 0 Å². The van der Waals surface area contributed by atoms with Gasteiger partial charge in [0.15, 0.2) is 0 Å². The molecule has 0 atom stereocenters. The molecule has 0 saturated heterocycles. The molecule has 7 heteroatoms. The molecule has 0 unspecified atom stereocenters. The summed E-state index contributed by atoms with van der Waals surface area (Å²) in [5, 5.41) is 0. The SMILES string of the molecule is NC(N)=O.[Cl][Ru]([Cl])[Cl]. The molecule has 53 valence electrons. The zero-order valence-corrected chi connectivity index (χ0v) is 7.56. The number of hydrogen-bond acceptors (Lipinski definition) is 1. The van der Waals surface area contributed by atoms with Crippen LogP contribution in [0.1, 0.15) is 0 Å². The molecule has 0 aromatic heterocycles. The topological polar surface area (TPSA) is 69.1 Å². The van der Waals surface area contributed by atoms with Crippen LogP contribution in [-0.2, 0) is 13.0 Å². The molecular weight excluding hydrogens is 263 g/mol. The van der Waals surface area contributed by atoms with Crippen LogP contribution < -0.4 is 11.5 Å². The van der Waals surface area contributed by atoms with Crippen LogP contribution in [0, 0.1) is 0 Å². The third-order valence-corrected chi connectivity index (χ3v) is 0. The molecule has 0 fully saturated rings. The van der Waals surface area contributed by atoms with Crippen LogP contribution in [0.4, 0.5) is 4.79 Å². The Kier molecular flexibility index (Phi) is 11.2. The van der Waals surface area contributed by atoms with Crippen molar-refractivity contribution >= 4 is 35.1 Å². The molecule has 4 N–H and O–H groups in total. The van der Waals surface area contributed by atoms with Gasteiger partial charge in [0.25, 0.3) is 0 Å². The van der Waals surface area contributed by atoms with E-state index in [4.69, 9.17) is 33.9 Å². The number of halogens is 3. The van der Waals surface area contributed by atoms with Gasteiger partial charge in [-0.1, -0.05) is 0 Å². The number of urea groups is 1. The molecule has 3 nitrogen and oxygen atoms in total. The fraction of sp³-hybridized carbons (Fsp3) is 0. The first-order chi connectivity index (χ1) is 3.46.